The molecule has 0 saturated heterocycles. The molecule has 1 fully saturated rings. The second kappa shape index (κ2) is 7.18. The molecule has 0 unspecified atom stereocenters. The van der Waals surface area contributed by atoms with Gasteiger partial charge in [-0.1, -0.05) is 46.8 Å². The molecule has 118 valence electrons. The summed E-state index contributed by atoms with van der Waals surface area (Å²) < 4.78 is 28.3. The van der Waals surface area contributed by atoms with Crippen molar-refractivity contribution in [1.82, 2.24) is 4.72 Å². The Morgan fingerprint density at radius 3 is 2.48 bits per heavy atom. The van der Waals surface area contributed by atoms with E-state index in [-0.39, 0.29) is 15.3 Å². The Morgan fingerprint density at radius 2 is 1.90 bits per heavy atom. The molecule has 0 aliphatic heterocycles. The van der Waals surface area contributed by atoms with Crippen molar-refractivity contribution >= 4 is 49.2 Å². The topological polar surface area (TPSA) is 46.2 Å². The number of hydrogen-bond donors (Lipinski definition) is 1. The highest BCUT2D eigenvalue weighted by molar-refractivity contribution is 9.10. The van der Waals surface area contributed by atoms with Crippen LogP contribution in [0.15, 0.2) is 27.6 Å². The van der Waals surface area contributed by atoms with Crippen LogP contribution in [0.4, 0.5) is 0 Å². The molecular formula is C14H18BrCl2NO2S. The zero-order valence-electron chi connectivity index (χ0n) is 11.5. The summed E-state index contributed by atoms with van der Waals surface area (Å²) in [6.07, 6.45) is 5.34. The molecule has 0 atom stereocenters. The van der Waals surface area contributed by atoms with Crippen molar-refractivity contribution in [3.63, 3.8) is 0 Å². The van der Waals surface area contributed by atoms with E-state index in [2.05, 4.69) is 20.7 Å². The first kappa shape index (κ1) is 17.5. The van der Waals surface area contributed by atoms with Gasteiger partial charge in [-0.25, -0.2) is 13.1 Å². The van der Waals surface area contributed by atoms with Crippen LogP contribution in [0.1, 0.15) is 32.1 Å². The lowest BCUT2D eigenvalue weighted by molar-refractivity contribution is 0.223. The molecule has 7 heteroatoms. The maximum atomic E-state index is 12.4. The van der Waals surface area contributed by atoms with Crippen molar-refractivity contribution < 1.29 is 8.42 Å². The van der Waals surface area contributed by atoms with Gasteiger partial charge in [0.2, 0.25) is 10.0 Å². The molecule has 1 aromatic rings. The van der Waals surface area contributed by atoms with E-state index in [9.17, 15) is 8.42 Å². The second-order valence-corrected chi connectivity index (χ2v) is 8.92. The predicted octanol–water partition coefficient (Wildman–Crippen LogP) is 4.57. The number of alkyl halides is 1. The Labute approximate surface area is 144 Å². The normalized spacial score (nSPS) is 18.6. The smallest absolute Gasteiger partial charge is 0.211 e. The summed E-state index contributed by atoms with van der Waals surface area (Å²) in [6.45, 7) is 0.366. The largest absolute Gasteiger partial charge is 0.242 e. The van der Waals surface area contributed by atoms with Gasteiger partial charge in [0, 0.05) is 16.9 Å². The van der Waals surface area contributed by atoms with Crippen LogP contribution >= 0.6 is 39.1 Å². The zero-order chi connectivity index (χ0) is 15.5. The molecule has 0 aromatic heterocycles. The average molecular weight is 415 g/mol. The predicted molar refractivity (Wildman–Crippen MR) is 90.6 cm³/mol. The van der Waals surface area contributed by atoms with E-state index in [0.717, 1.165) is 30.2 Å². The summed E-state index contributed by atoms with van der Waals surface area (Å²) in [6, 6.07) is 4.75. The van der Waals surface area contributed by atoms with E-state index in [1.807, 2.05) is 0 Å². The number of halogens is 3. The molecule has 0 heterocycles. The molecule has 1 saturated carbocycles. The minimum absolute atomic E-state index is 0.105. The number of benzene rings is 1. The van der Waals surface area contributed by atoms with Crippen molar-refractivity contribution in [2.45, 2.75) is 37.0 Å². The lowest BCUT2D eigenvalue weighted by atomic mass is 9.76. The van der Waals surface area contributed by atoms with Crippen LogP contribution in [-0.2, 0) is 10.0 Å². The highest BCUT2D eigenvalue weighted by Gasteiger charge is 2.33. The molecule has 0 bridgehead atoms. The van der Waals surface area contributed by atoms with Crippen LogP contribution < -0.4 is 4.72 Å². The zero-order valence-corrected chi connectivity index (χ0v) is 15.5. The molecule has 21 heavy (non-hydrogen) atoms. The van der Waals surface area contributed by atoms with E-state index in [4.69, 9.17) is 23.2 Å². The molecule has 2 rings (SSSR count). The van der Waals surface area contributed by atoms with Gasteiger partial charge in [0.05, 0.1) is 5.02 Å². The standard InChI is InChI=1S/C14H18BrCl2NO2S/c15-11-4-5-13(12(17)8-11)21(19,20)18-10-14(9-16)6-2-1-3-7-14/h4-5,8,18H,1-3,6-7,9-10H2. The van der Waals surface area contributed by atoms with Gasteiger partial charge in [0.25, 0.3) is 0 Å². The van der Waals surface area contributed by atoms with Crippen LogP contribution in [0.3, 0.4) is 0 Å². The van der Waals surface area contributed by atoms with Crippen molar-refractivity contribution in [3.8, 4) is 0 Å². The van der Waals surface area contributed by atoms with Crippen LogP contribution in [0.2, 0.25) is 5.02 Å². The summed E-state index contributed by atoms with van der Waals surface area (Å²) in [5.74, 6) is 0.476. The maximum absolute atomic E-state index is 12.4. The van der Waals surface area contributed by atoms with Crippen LogP contribution in [0.5, 0.6) is 0 Å². The Hall–Kier alpha value is 0.190. The Kier molecular flexibility index (Phi) is 5.99. The minimum atomic E-state index is -3.62. The molecule has 1 aliphatic carbocycles. The molecule has 0 spiro atoms. The molecule has 1 N–H and O–H groups in total. The van der Waals surface area contributed by atoms with Gasteiger partial charge >= 0.3 is 0 Å². The lowest BCUT2D eigenvalue weighted by Crippen LogP contribution is -2.40. The molecule has 1 aliphatic rings. The molecule has 3 nitrogen and oxygen atoms in total. The summed E-state index contributed by atoms with van der Waals surface area (Å²) in [5.41, 5.74) is -0.130. The van der Waals surface area contributed by atoms with Gasteiger partial charge in [-0.05, 0) is 36.5 Å². The quantitative estimate of drug-likeness (QED) is 0.717. The first-order valence-corrected chi connectivity index (χ1v) is 10.1. The van der Waals surface area contributed by atoms with Gasteiger partial charge in [-0.3, -0.25) is 0 Å². The third-order valence-corrected chi connectivity index (χ3v) is 6.96. The number of hydrogen-bond acceptors (Lipinski definition) is 2. The van der Waals surface area contributed by atoms with E-state index in [0.29, 0.717) is 12.4 Å². The number of nitrogens with one attached hydrogen (secondary N) is 1. The van der Waals surface area contributed by atoms with Crippen molar-refractivity contribution in [2.24, 2.45) is 5.41 Å². The average Bonchev–Trinajstić information content (AvgIpc) is 2.46. The minimum Gasteiger partial charge on any atom is -0.211 e. The van der Waals surface area contributed by atoms with Crippen LogP contribution in [0, 0.1) is 5.41 Å². The summed E-state index contributed by atoms with van der Waals surface area (Å²) in [7, 11) is -3.62. The molecule has 1 aromatic carbocycles. The second-order valence-electron chi connectivity index (χ2n) is 5.59. The van der Waals surface area contributed by atoms with E-state index >= 15 is 0 Å². The highest BCUT2D eigenvalue weighted by atomic mass is 79.9. The van der Waals surface area contributed by atoms with E-state index < -0.39 is 10.0 Å². The van der Waals surface area contributed by atoms with Gasteiger partial charge in [0.1, 0.15) is 4.90 Å². The van der Waals surface area contributed by atoms with Gasteiger partial charge in [0.15, 0.2) is 0 Å². The summed E-state index contributed by atoms with van der Waals surface area (Å²) in [5, 5.41) is 0.209. The van der Waals surface area contributed by atoms with Crippen LogP contribution in [0.25, 0.3) is 0 Å². The monoisotopic (exact) mass is 413 g/mol. The van der Waals surface area contributed by atoms with Crippen molar-refractivity contribution in [1.29, 1.82) is 0 Å². The van der Waals surface area contributed by atoms with E-state index in [1.165, 1.54) is 12.5 Å². The fourth-order valence-electron chi connectivity index (χ4n) is 2.68. The Bertz CT molecular complexity index is 601. The first-order chi connectivity index (χ1) is 9.88. The fourth-order valence-corrected chi connectivity index (χ4v) is 5.23. The Morgan fingerprint density at radius 1 is 1.24 bits per heavy atom. The van der Waals surface area contributed by atoms with Crippen molar-refractivity contribution in [2.75, 3.05) is 12.4 Å². The maximum Gasteiger partial charge on any atom is 0.242 e. The number of sulfonamides is 1. The van der Waals surface area contributed by atoms with Gasteiger partial charge < -0.3 is 0 Å². The summed E-state index contributed by atoms with van der Waals surface area (Å²) in [4.78, 5) is 0.105. The summed E-state index contributed by atoms with van der Waals surface area (Å²) >= 11 is 15.4. The van der Waals surface area contributed by atoms with Crippen LogP contribution in [-0.4, -0.2) is 20.8 Å². The lowest BCUT2D eigenvalue weighted by Gasteiger charge is -2.35. The number of rotatable bonds is 5. The van der Waals surface area contributed by atoms with Crippen molar-refractivity contribution in [3.05, 3.63) is 27.7 Å². The third-order valence-electron chi connectivity index (χ3n) is 4.02. The first-order valence-electron chi connectivity index (χ1n) is 6.89. The SMILES string of the molecule is O=S(=O)(NCC1(CCl)CCCCC1)c1ccc(Br)cc1Cl. The molecular weight excluding hydrogens is 397 g/mol. The Balaban J connectivity index is 2.13. The molecule has 0 amide bonds. The fraction of sp³-hybridized carbons (Fsp3) is 0.571. The third kappa shape index (κ3) is 4.35. The van der Waals surface area contributed by atoms with Gasteiger partial charge in [-0.2, -0.15) is 0 Å². The van der Waals surface area contributed by atoms with E-state index in [1.54, 1.807) is 12.1 Å². The highest BCUT2D eigenvalue weighted by Crippen LogP contribution is 2.37. The molecule has 0 radical (unpaired) electrons. The van der Waals surface area contributed by atoms with Gasteiger partial charge in [-0.15, -0.1) is 11.6 Å².